The van der Waals surface area contributed by atoms with E-state index < -0.39 is 0 Å². The molecule has 2 amide bonds. The summed E-state index contributed by atoms with van der Waals surface area (Å²) in [5.74, 6) is 0.115. The van der Waals surface area contributed by atoms with Crippen molar-refractivity contribution in [3.8, 4) is 0 Å². The van der Waals surface area contributed by atoms with Crippen LogP contribution in [0.25, 0.3) is 0 Å². The van der Waals surface area contributed by atoms with Gasteiger partial charge in [0, 0.05) is 32.8 Å². The SMILES string of the molecule is COCC(=O)N1CCC(NC(=O)C2(CN)CC2)CC1. The maximum atomic E-state index is 12.1. The Kier molecular flexibility index (Phi) is 4.42. The van der Waals surface area contributed by atoms with E-state index in [1.165, 1.54) is 7.11 Å². The Morgan fingerprint density at radius 2 is 2.00 bits per heavy atom. The van der Waals surface area contributed by atoms with Crippen molar-refractivity contribution < 1.29 is 14.3 Å². The summed E-state index contributed by atoms with van der Waals surface area (Å²) in [6, 6.07) is 0.170. The zero-order valence-corrected chi connectivity index (χ0v) is 11.5. The molecule has 0 radical (unpaired) electrons. The molecule has 6 heteroatoms. The van der Waals surface area contributed by atoms with Gasteiger partial charge in [0.05, 0.1) is 5.41 Å². The lowest BCUT2D eigenvalue weighted by Gasteiger charge is -2.33. The van der Waals surface area contributed by atoms with E-state index >= 15 is 0 Å². The average molecular weight is 269 g/mol. The topological polar surface area (TPSA) is 84.7 Å². The maximum absolute atomic E-state index is 12.1. The van der Waals surface area contributed by atoms with Gasteiger partial charge in [0.1, 0.15) is 6.61 Å². The van der Waals surface area contributed by atoms with Crippen LogP contribution in [0.5, 0.6) is 0 Å². The molecule has 0 atom stereocenters. The van der Waals surface area contributed by atoms with Gasteiger partial charge in [-0.2, -0.15) is 0 Å². The molecule has 0 bridgehead atoms. The third-order valence-corrected chi connectivity index (χ3v) is 4.18. The van der Waals surface area contributed by atoms with Crippen LogP contribution in [-0.4, -0.2) is 56.1 Å². The van der Waals surface area contributed by atoms with Gasteiger partial charge in [-0.3, -0.25) is 9.59 Å². The molecule has 1 aliphatic carbocycles. The number of nitrogens with zero attached hydrogens (tertiary/aromatic N) is 1. The highest BCUT2D eigenvalue weighted by atomic mass is 16.5. The number of nitrogens with one attached hydrogen (secondary N) is 1. The van der Waals surface area contributed by atoms with Crippen LogP contribution in [0.2, 0.25) is 0 Å². The number of nitrogens with two attached hydrogens (primary N) is 1. The molecular formula is C13H23N3O3. The molecule has 0 aromatic rings. The summed E-state index contributed by atoms with van der Waals surface area (Å²) in [5, 5.41) is 3.08. The smallest absolute Gasteiger partial charge is 0.248 e. The van der Waals surface area contributed by atoms with E-state index in [4.69, 9.17) is 10.5 Å². The zero-order valence-electron chi connectivity index (χ0n) is 11.5. The predicted octanol–water partition coefficient (Wildman–Crippen LogP) is -0.521. The summed E-state index contributed by atoms with van der Waals surface area (Å²) in [5.41, 5.74) is 5.35. The van der Waals surface area contributed by atoms with Crippen LogP contribution in [-0.2, 0) is 14.3 Å². The minimum atomic E-state index is -0.289. The van der Waals surface area contributed by atoms with Crippen molar-refractivity contribution in [2.24, 2.45) is 11.1 Å². The molecular weight excluding hydrogens is 246 g/mol. The molecule has 2 fully saturated rings. The first-order chi connectivity index (χ1) is 9.11. The second kappa shape index (κ2) is 5.88. The fourth-order valence-corrected chi connectivity index (χ4v) is 2.50. The van der Waals surface area contributed by atoms with E-state index in [1.807, 2.05) is 0 Å². The highest BCUT2D eigenvalue weighted by molar-refractivity contribution is 5.85. The number of ether oxygens (including phenoxy) is 1. The third-order valence-electron chi connectivity index (χ3n) is 4.18. The largest absolute Gasteiger partial charge is 0.375 e. The number of rotatable bonds is 5. The summed E-state index contributed by atoms with van der Waals surface area (Å²) in [7, 11) is 1.52. The molecule has 108 valence electrons. The van der Waals surface area contributed by atoms with Crippen molar-refractivity contribution in [2.45, 2.75) is 31.7 Å². The van der Waals surface area contributed by atoms with Crippen molar-refractivity contribution in [2.75, 3.05) is 33.4 Å². The predicted molar refractivity (Wildman–Crippen MR) is 70.3 cm³/mol. The Labute approximate surface area is 113 Å². The van der Waals surface area contributed by atoms with Crippen molar-refractivity contribution >= 4 is 11.8 Å². The second-order valence-corrected chi connectivity index (χ2v) is 5.55. The van der Waals surface area contributed by atoms with E-state index in [2.05, 4.69) is 5.32 Å². The van der Waals surface area contributed by atoms with Gasteiger partial charge in [0.15, 0.2) is 0 Å². The molecule has 2 aliphatic rings. The second-order valence-electron chi connectivity index (χ2n) is 5.55. The molecule has 0 aromatic heterocycles. The Bertz CT molecular complexity index is 347. The number of likely N-dealkylation sites (tertiary alicyclic amines) is 1. The van der Waals surface area contributed by atoms with E-state index in [1.54, 1.807) is 4.90 Å². The fourth-order valence-electron chi connectivity index (χ4n) is 2.50. The van der Waals surface area contributed by atoms with Crippen LogP contribution in [0.3, 0.4) is 0 Å². The van der Waals surface area contributed by atoms with E-state index in [0.29, 0.717) is 19.6 Å². The number of hydrogen-bond donors (Lipinski definition) is 2. The molecule has 0 unspecified atom stereocenters. The minimum Gasteiger partial charge on any atom is -0.375 e. The van der Waals surface area contributed by atoms with Crippen molar-refractivity contribution in [3.63, 3.8) is 0 Å². The first-order valence-corrected chi connectivity index (χ1v) is 6.89. The number of amides is 2. The number of hydrogen-bond acceptors (Lipinski definition) is 4. The highest BCUT2D eigenvalue weighted by Gasteiger charge is 2.49. The first-order valence-electron chi connectivity index (χ1n) is 6.89. The maximum Gasteiger partial charge on any atom is 0.248 e. The van der Waals surface area contributed by atoms with Gasteiger partial charge in [-0.25, -0.2) is 0 Å². The van der Waals surface area contributed by atoms with Crippen LogP contribution >= 0.6 is 0 Å². The van der Waals surface area contributed by atoms with Gasteiger partial charge < -0.3 is 20.7 Å². The lowest BCUT2D eigenvalue weighted by molar-refractivity contribution is -0.136. The summed E-state index contributed by atoms with van der Waals surface area (Å²) >= 11 is 0. The highest BCUT2D eigenvalue weighted by Crippen LogP contribution is 2.44. The summed E-state index contributed by atoms with van der Waals surface area (Å²) < 4.78 is 4.84. The number of carbonyl (C=O) groups is 2. The van der Waals surface area contributed by atoms with Gasteiger partial charge in [0.2, 0.25) is 11.8 Å². The van der Waals surface area contributed by atoms with Crippen molar-refractivity contribution in [1.82, 2.24) is 10.2 Å². The molecule has 1 saturated carbocycles. The lowest BCUT2D eigenvalue weighted by Crippen LogP contribution is -2.49. The Morgan fingerprint density at radius 3 is 2.47 bits per heavy atom. The quantitative estimate of drug-likeness (QED) is 0.703. The van der Waals surface area contributed by atoms with Crippen LogP contribution in [0.1, 0.15) is 25.7 Å². The van der Waals surface area contributed by atoms with Crippen LogP contribution in [0, 0.1) is 5.41 Å². The van der Waals surface area contributed by atoms with Crippen molar-refractivity contribution in [1.29, 1.82) is 0 Å². The average Bonchev–Trinajstić information content (AvgIpc) is 3.21. The molecule has 1 saturated heterocycles. The summed E-state index contributed by atoms with van der Waals surface area (Å²) in [4.78, 5) is 25.5. The van der Waals surface area contributed by atoms with Gasteiger partial charge in [-0.05, 0) is 25.7 Å². The third kappa shape index (κ3) is 3.25. The van der Waals surface area contributed by atoms with E-state index in [-0.39, 0.29) is 29.9 Å². The number of methoxy groups -OCH3 is 1. The summed E-state index contributed by atoms with van der Waals surface area (Å²) in [6.07, 6.45) is 3.42. The molecule has 2 rings (SSSR count). The van der Waals surface area contributed by atoms with E-state index in [9.17, 15) is 9.59 Å². The molecule has 0 spiro atoms. The first kappa shape index (κ1) is 14.3. The molecule has 19 heavy (non-hydrogen) atoms. The molecule has 3 N–H and O–H groups in total. The van der Waals surface area contributed by atoms with Crippen molar-refractivity contribution in [3.05, 3.63) is 0 Å². The normalized spacial score (nSPS) is 22.1. The van der Waals surface area contributed by atoms with Gasteiger partial charge in [-0.15, -0.1) is 0 Å². The Hall–Kier alpha value is -1.14. The molecule has 1 aliphatic heterocycles. The Balaban J connectivity index is 1.74. The molecule has 0 aromatic carbocycles. The van der Waals surface area contributed by atoms with Crippen LogP contribution in [0.15, 0.2) is 0 Å². The van der Waals surface area contributed by atoms with E-state index in [0.717, 1.165) is 25.7 Å². The number of piperidine rings is 1. The lowest BCUT2D eigenvalue weighted by atomic mass is 10.0. The van der Waals surface area contributed by atoms with Crippen LogP contribution in [0.4, 0.5) is 0 Å². The molecule has 1 heterocycles. The number of carbonyl (C=O) groups excluding carboxylic acids is 2. The standard InChI is InChI=1S/C13H23N3O3/c1-19-8-11(17)16-6-2-10(3-7-16)15-12(18)13(9-14)4-5-13/h10H,2-9,14H2,1H3,(H,15,18). The minimum absolute atomic E-state index is 0.0212. The monoisotopic (exact) mass is 269 g/mol. The summed E-state index contributed by atoms with van der Waals surface area (Å²) in [6.45, 7) is 1.93. The van der Waals surface area contributed by atoms with Crippen LogP contribution < -0.4 is 11.1 Å². The fraction of sp³-hybridized carbons (Fsp3) is 0.846. The molecule has 6 nitrogen and oxygen atoms in total. The Morgan fingerprint density at radius 1 is 1.37 bits per heavy atom. The van der Waals surface area contributed by atoms with Gasteiger partial charge in [-0.1, -0.05) is 0 Å². The zero-order chi connectivity index (χ0) is 13.9. The van der Waals surface area contributed by atoms with Gasteiger partial charge >= 0.3 is 0 Å². The van der Waals surface area contributed by atoms with Gasteiger partial charge in [0.25, 0.3) is 0 Å².